The zero-order chi connectivity index (χ0) is 18.4. The van der Waals surface area contributed by atoms with Gasteiger partial charge in [-0.1, -0.05) is 0 Å². The summed E-state index contributed by atoms with van der Waals surface area (Å²) < 4.78 is 18.2. The summed E-state index contributed by atoms with van der Waals surface area (Å²) in [5, 5.41) is 23.1. The van der Waals surface area contributed by atoms with Crippen LogP contribution in [0, 0.1) is 0 Å². The van der Waals surface area contributed by atoms with Gasteiger partial charge in [0.1, 0.15) is 11.9 Å². The summed E-state index contributed by atoms with van der Waals surface area (Å²) in [6.45, 7) is 3.80. The first-order valence-corrected chi connectivity index (χ1v) is 8.86. The largest absolute Gasteiger partial charge is 0.454 e. The Morgan fingerprint density at radius 2 is 2.04 bits per heavy atom. The molecule has 0 bridgehead atoms. The molecule has 1 fully saturated rings. The molecule has 140 valence electrons. The van der Waals surface area contributed by atoms with Crippen molar-refractivity contribution in [1.82, 2.24) is 19.8 Å². The quantitative estimate of drug-likeness (QED) is 0.734. The van der Waals surface area contributed by atoms with Gasteiger partial charge < -0.3 is 24.2 Å². The minimum atomic E-state index is -0.532. The fourth-order valence-electron chi connectivity index (χ4n) is 3.34. The number of aliphatic hydroxyl groups excluding tert-OH is 1. The van der Waals surface area contributed by atoms with Crippen molar-refractivity contribution < 1.29 is 19.3 Å². The van der Waals surface area contributed by atoms with E-state index in [-0.39, 0.29) is 12.9 Å². The van der Waals surface area contributed by atoms with Gasteiger partial charge in [0.2, 0.25) is 6.79 Å². The molecule has 9 nitrogen and oxygen atoms in total. The van der Waals surface area contributed by atoms with Crippen molar-refractivity contribution in [3.63, 3.8) is 0 Å². The minimum absolute atomic E-state index is 0.225. The molecule has 2 atom stereocenters. The molecule has 3 aromatic rings. The Morgan fingerprint density at radius 1 is 1.15 bits per heavy atom. The maximum Gasteiger partial charge on any atom is 0.231 e. The molecule has 5 rings (SSSR count). The van der Waals surface area contributed by atoms with Crippen LogP contribution in [-0.4, -0.2) is 63.6 Å². The van der Waals surface area contributed by atoms with Gasteiger partial charge >= 0.3 is 0 Å². The number of rotatable bonds is 3. The van der Waals surface area contributed by atoms with Crippen molar-refractivity contribution in [3.05, 3.63) is 30.3 Å². The highest BCUT2D eigenvalue weighted by molar-refractivity contribution is 5.64. The SMILES string of the molecule is CC(O)C1CN(c2ccc3nnc(-c4ccc5c(c4)OCO5)n3n2)CCO1. The molecule has 2 aliphatic heterocycles. The van der Waals surface area contributed by atoms with E-state index in [0.29, 0.717) is 36.9 Å². The number of hydrogen-bond acceptors (Lipinski definition) is 8. The molecule has 9 heteroatoms. The zero-order valence-corrected chi connectivity index (χ0v) is 14.8. The van der Waals surface area contributed by atoms with Gasteiger partial charge in [0.05, 0.1) is 12.7 Å². The van der Waals surface area contributed by atoms with Crippen molar-refractivity contribution in [2.45, 2.75) is 19.1 Å². The van der Waals surface area contributed by atoms with Gasteiger partial charge in [-0.15, -0.1) is 15.3 Å². The Kier molecular flexibility index (Phi) is 3.83. The van der Waals surface area contributed by atoms with E-state index in [9.17, 15) is 5.11 Å². The van der Waals surface area contributed by atoms with Gasteiger partial charge in [-0.25, -0.2) is 0 Å². The van der Waals surface area contributed by atoms with Gasteiger partial charge in [0.15, 0.2) is 23.0 Å². The standard InChI is InChI=1S/C18H19N5O4/c1-11(24)15-9-22(6-7-25-15)17-5-4-16-19-20-18(23(16)21-17)12-2-3-13-14(8-12)27-10-26-13/h2-5,8,11,15,24H,6-7,9-10H2,1H3. The number of nitrogens with zero attached hydrogens (tertiary/aromatic N) is 5. The molecule has 1 aromatic carbocycles. The molecule has 0 spiro atoms. The molecule has 0 amide bonds. The van der Waals surface area contributed by atoms with Gasteiger partial charge in [0, 0.05) is 18.7 Å². The lowest BCUT2D eigenvalue weighted by Crippen LogP contribution is -2.47. The molecule has 4 heterocycles. The Balaban J connectivity index is 1.51. The smallest absolute Gasteiger partial charge is 0.231 e. The molecule has 0 radical (unpaired) electrons. The van der Waals surface area contributed by atoms with Crippen molar-refractivity contribution in [3.8, 4) is 22.9 Å². The molecule has 27 heavy (non-hydrogen) atoms. The number of fused-ring (bicyclic) bond motifs is 2. The molecule has 1 saturated heterocycles. The fourth-order valence-corrected chi connectivity index (χ4v) is 3.34. The second kappa shape index (κ2) is 6.36. The highest BCUT2D eigenvalue weighted by Gasteiger charge is 2.26. The fraction of sp³-hybridized carbons (Fsp3) is 0.389. The second-order valence-corrected chi connectivity index (χ2v) is 6.65. The molecule has 2 aliphatic rings. The first kappa shape index (κ1) is 16.3. The van der Waals surface area contributed by atoms with E-state index in [2.05, 4.69) is 15.1 Å². The van der Waals surface area contributed by atoms with Crippen LogP contribution in [0.15, 0.2) is 30.3 Å². The van der Waals surface area contributed by atoms with Crippen LogP contribution in [0.4, 0.5) is 5.82 Å². The van der Waals surface area contributed by atoms with E-state index < -0.39 is 6.10 Å². The van der Waals surface area contributed by atoms with E-state index in [0.717, 1.165) is 17.1 Å². The van der Waals surface area contributed by atoms with E-state index >= 15 is 0 Å². The van der Waals surface area contributed by atoms with Crippen LogP contribution in [0.2, 0.25) is 0 Å². The summed E-state index contributed by atoms with van der Waals surface area (Å²) in [6.07, 6.45) is -0.763. The summed E-state index contributed by atoms with van der Waals surface area (Å²) in [6, 6.07) is 9.45. The van der Waals surface area contributed by atoms with E-state index in [1.165, 1.54) is 0 Å². The maximum absolute atomic E-state index is 9.83. The number of aliphatic hydroxyl groups is 1. The van der Waals surface area contributed by atoms with Crippen molar-refractivity contribution in [2.24, 2.45) is 0 Å². The number of benzene rings is 1. The Bertz CT molecular complexity index is 989. The first-order chi connectivity index (χ1) is 13.2. The third-order valence-electron chi connectivity index (χ3n) is 4.84. The van der Waals surface area contributed by atoms with Crippen LogP contribution in [0.3, 0.4) is 0 Å². The predicted molar refractivity (Wildman–Crippen MR) is 96.0 cm³/mol. The first-order valence-electron chi connectivity index (χ1n) is 8.86. The van der Waals surface area contributed by atoms with E-state index in [4.69, 9.17) is 19.3 Å². The Labute approximate surface area is 155 Å². The van der Waals surface area contributed by atoms with E-state index in [1.54, 1.807) is 11.4 Å². The molecular weight excluding hydrogens is 350 g/mol. The zero-order valence-electron chi connectivity index (χ0n) is 14.8. The van der Waals surface area contributed by atoms with Crippen molar-refractivity contribution in [2.75, 3.05) is 31.4 Å². The Hall–Kier alpha value is -2.91. The van der Waals surface area contributed by atoms with Crippen LogP contribution in [0.5, 0.6) is 11.5 Å². The van der Waals surface area contributed by atoms with Gasteiger partial charge in [0.25, 0.3) is 0 Å². The highest BCUT2D eigenvalue weighted by atomic mass is 16.7. The average molecular weight is 369 g/mol. The lowest BCUT2D eigenvalue weighted by atomic mass is 10.2. The highest BCUT2D eigenvalue weighted by Crippen LogP contribution is 2.35. The maximum atomic E-state index is 9.83. The molecule has 2 aromatic heterocycles. The molecule has 0 aliphatic carbocycles. The summed E-state index contributed by atoms with van der Waals surface area (Å²) in [5.41, 5.74) is 1.51. The third-order valence-corrected chi connectivity index (χ3v) is 4.84. The summed E-state index contributed by atoms with van der Waals surface area (Å²) in [4.78, 5) is 2.10. The average Bonchev–Trinajstić information content (AvgIpc) is 3.33. The topological polar surface area (TPSA) is 94.2 Å². The van der Waals surface area contributed by atoms with Crippen LogP contribution in [0.25, 0.3) is 17.0 Å². The Morgan fingerprint density at radius 3 is 2.93 bits per heavy atom. The van der Waals surface area contributed by atoms with Crippen LogP contribution in [-0.2, 0) is 4.74 Å². The molecule has 1 N–H and O–H groups in total. The van der Waals surface area contributed by atoms with Gasteiger partial charge in [-0.05, 0) is 37.3 Å². The minimum Gasteiger partial charge on any atom is -0.454 e. The number of hydrogen-bond donors (Lipinski definition) is 1. The molecule has 0 saturated carbocycles. The monoisotopic (exact) mass is 369 g/mol. The van der Waals surface area contributed by atoms with Gasteiger partial charge in [-0.2, -0.15) is 4.52 Å². The number of ether oxygens (including phenoxy) is 3. The molecule has 2 unspecified atom stereocenters. The third kappa shape index (κ3) is 2.84. The summed E-state index contributed by atoms with van der Waals surface area (Å²) in [7, 11) is 0. The van der Waals surface area contributed by atoms with Crippen molar-refractivity contribution in [1.29, 1.82) is 0 Å². The predicted octanol–water partition coefficient (Wildman–Crippen LogP) is 1.11. The lowest BCUT2D eigenvalue weighted by Gasteiger charge is -2.34. The molecular formula is C18H19N5O4. The number of anilines is 1. The van der Waals surface area contributed by atoms with Crippen LogP contribution in [0.1, 0.15) is 6.92 Å². The van der Waals surface area contributed by atoms with E-state index in [1.807, 2.05) is 30.3 Å². The summed E-state index contributed by atoms with van der Waals surface area (Å²) >= 11 is 0. The lowest BCUT2D eigenvalue weighted by molar-refractivity contribution is -0.0366. The van der Waals surface area contributed by atoms with Gasteiger partial charge in [-0.3, -0.25) is 0 Å². The normalized spacial score (nSPS) is 20.2. The second-order valence-electron chi connectivity index (χ2n) is 6.65. The number of aromatic nitrogens is 4. The van der Waals surface area contributed by atoms with Crippen molar-refractivity contribution >= 4 is 11.5 Å². The summed E-state index contributed by atoms with van der Waals surface area (Å²) in [5.74, 6) is 2.83. The number of morpholine rings is 1. The van der Waals surface area contributed by atoms with Crippen LogP contribution < -0.4 is 14.4 Å². The van der Waals surface area contributed by atoms with Crippen LogP contribution >= 0.6 is 0 Å².